The van der Waals surface area contributed by atoms with E-state index in [0.717, 1.165) is 19.3 Å². The fourth-order valence-corrected chi connectivity index (χ4v) is 2.54. The maximum absolute atomic E-state index is 10.9. The maximum Gasteiger partial charge on any atom is 0.312 e. The quantitative estimate of drug-likeness (QED) is 0.618. The highest BCUT2D eigenvalue weighted by Gasteiger charge is 2.39. The molecule has 1 aliphatic carbocycles. The smallest absolute Gasteiger partial charge is 0.312 e. The molecular weight excluding hydrogens is 286 g/mol. The number of nitro groups is 1. The van der Waals surface area contributed by atoms with Gasteiger partial charge >= 0.3 is 11.7 Å². The Hall–Kier alpha value is -1.89. The molecule has 0 amide bonds. The van der Waals surface area contributed by atoms with Crippen molar-refractivity contribution in [2.24, 2.45) is 5.41 Å². The topological polar surface area (TPSA) is 105 Å². The third-order valence-electron chi connectivity index (χ3n) is 3.60. The molecule has 0 spiro atoms. The molecule has 0 unspecified atom stereocenters. The number of carboxylic acid groups (broad SMARTS) is 1. The van der Waals surface area contributed by atoms with Gasteiger partial charge in [0, 0.05) is 18.8 Å². The molecule has 1 aromatic heterocycles. The van der Waals surface area contributed by atoms with Gasteiger partial charge in [0.15, 0.2) is 0 Å². The number of hydrogen-bond donors (Lipinski definition) is 2. The van der Waals surface area contributed by atoms with E-state index in [4.69, 9.17) is 16.7 Å². The van der Waals surface area contributed by atoms with E-state index in [1.807, 2.05) is 0 Å². The molecule has 2 rings (SSSR count). The average Bonchev–Trinajstić information content (AvgIpc) is 2.33. The molecule has 20 heavy (non-hydrogen) atoms. The van der Waals surface area contributed by atoms with Crippen LogP contribution in [0.1, 0.15) is 25.7 Å². The normalized spacial score (nSPS) is 16.2. The highest BCUT2D eigenvalue weighted by molar-refractivity contribution is 6.30. The predicted molar refractivity (Wildman–Crippen MR) is 72.9 cm³/mol. The minimum absolute atomic E-state index is 0.0569. The lowest BCUT2D eigenvalue weighted by Gasteiger charge is -2.40. The van der Waals surface area contributed by atoms with E-state index in [0.29, 0.717) is 6.54 Å². The highest BCUT2D eigenvalue weighted by atomic mass is 35.5. The van der Waals surface area contributed by atoms with Crippen molar-refractivity contribution in [3.63, 3.8) is 0 Å². The Kier molecular flexibility index (Phi) is 4.08. The third kappa shape index (κ3) is 3.16. The summed E-state index contributed by atoms with van der Waals surface area (Å²) < 4.78 is 0. The summed E-state index contributed by atoms with van der Waals surface area (Å²) in [6, 6.07) is 1.22. The van der Waals surface area contributed by atoms with Gasteiger partial charge in [-0.2, -0.15) is 0 Å². The van der Waals surface area contributed by atoms with E-state index in [1.54, 1.807) is 0 Å². The zero-order valence-electron chi connectivity index (χ0n) is 10.6. The summed E-state index contributed by atoms with van der Waals surface area (Å²) in [5, 5.41) is 22.9. The van der Waals surface area contributed by atoms with Gasteiger partial charge in [0.25, 0.3) is 0 Å². The molecule has 0 aromatic carbocycles. The summed E-state index contributed by atoms with van der Waals surface area (Å²) in [6.45, 7) is 0.356. The van der Waals surface area contributed by atoms with E-state index in [-0.39, 0.29) is 28.4 Å². The molecule has 0 bridgehead atoms. The van der Waals surface area contributed by atoms with Crippen LogP contribution in [0.25, 0.3) is 0 Å². The fourth-order valence-electron chi connectivity index (χ4n) is 2.39. The van der Waals surface area contributed by atoms with Crippen molar-refractivity contribution in [1.82, 2.24) is 4.98 Å². The highest BCUT2D eigenvalue weighted by Crippen LogP contribution is 2.44. The van der Waals surface area contributed by atoms with Crippen LogP contribution in [-0.2, 0) is 4.79 Å². The number of aromatic nitrogens is 1. The average molecular weight is 300 g/mol. The van der Waals surface area contributed by atoms with Crippen molar-refractivity contribution < 1.29 is 14.8 Å². The van der Waals surface area contributed by atoms with Crippen LogP contribution in [0.3, 0.4) is 0 Å². The van der Waals surface area contributed by atoms with E-state index < -0.39 is 10.9 Å². The van der Waals surface area contributed by atoms with Crippen LogP contribution in [0.15, 0.2) is 12.3 Å². The monoisotopic (exact) mass is 299 g/mol. The minimum atomic E-state index is -0.856. The molecule has 8 heteroatoms. The van der Waals surface area contributed by atoms with Crippen LogP contribution in [-0.4, -0.2) is 27.5 Å². The molecule has 2 N–H and O–H groups in total. The van der Waals surface area contributed by atoms with Crippen LogP contribution < -0.4 is 5.32 Å². The molecule has 1 heterocycles. The first-order valence-electron chi connectivity index (χ1n) is 6.17. The lowest BCUT2D eigenvalue weighted by Crippen LogP contribution is -2.38. The molecular formula is C12H14ClN3O4. The van der Waals surface area contributed by atoms with E-state index >= 15 is 0 Å². The summed E-state index contributed by atoms with van der Waals surface area (Å²) in [4.78, 5) is 25.1. The first-order valence-corrected chi connectivity index (χ1v) is 6.55. The van der Waals surface area contributed by atoms with Gasteiger partial charge < -0.3 is 10.4 Å². The molecule has 0 aliphatic heterocycles. The third-order valence-corrected chi connectivity index (χ3v) is 3.81. The standard InChI is InChI=1S/C12H14ClN3O4/c13-8-4-9(16(19)20)11(14-6-8)15-7-12(2-1-3-12)5-10(17)18/h4,6H,1-3,5,7H2,(H,14,15)(H,17,18). The van der Waals surface area contributed by atoms with Gasteiger partial charge in [0.05, 0.1) is 16.4 Å². The number of aliphatic carboxylic acids is 1. The van der Waals surface area contributed by atoms with Gasteiger partial charge in [-0.25, -0.2) is 4.98 Å². The SMILES string of the molecule is O=C(O)CC1(CNc2ncc(Cl)cc2[N+](=O)[O-])CCC1. The van der Waals surface area contributed by atoms with Gasteiger partial charge in [-0.05, 0) is 18.3 Å². The largest absolute Gasteiger partial charge is 0.481 e. The molecule has 1 fully saturated rings. The number of hydrogen-bond acceptors (Lipinski definition) is 5. The number of anilines is 1. The first-order chi connectivity index (χ1) is 9.42. The summed E-state index contributed by atoms with van der Waals surface area (Å²) >= 11 is 5.69. The van der Waals surface area contributed by atoms with Crippen molar-refractivity contribution in [1.29, 1.82) is 0 Å². The second-order valence-corrected chi connectivity index (χ2v) is 5.49. The molecule has 7 nitrogen and oxygen atoms in total. The van der Waals surface area contributed by atoms with Crippen LogP contribution in [0.4, 0.5) is 11.5 Å². The van der Waals surface area contributed by atoms with Crippen molar-refractivity contribution in [2.45, 2.75) is 25.7 Å². The fraction of sp³-hybridized carbons (Fsp3) is 0.500. The Morgan fingerprint density at radius 2 is 2.30 bits per heavy atom. The van der Waals surface area contributed by atoms with Gasteiger partial charge in [-0.15, -0.1) is 0 Å². The van der Waals surface area contributed by atoms with E-state index in [2.05, 4.69) is 10.3 Å². The molecule has 0 saturated heterocycles. The van der Waals surface area contributed by atoms with Gasteiger partial charge in [0.1, 0.15) is 0 Å². The second kappa shape index (κ2) is 5.62. The van der Waals surface area contributed by atoms with Gasteiger partial charge in [-0.1, -0.05) is 18.0 Å². The lowest BCUT2D eigenvalue weighted by atomic mass is 9.66. The molecule has 1 aliphatic rings. The summed E-state index contributed by atoms with van der Waals surface area (Å²) in [5.41, 5.74) is -0.539. The van der Waals surface area contributed by atoms with Gasteiger partial charge in [0.2, 0.25) is 5.82 Å². The van der Waals surface area contributed by atoms with Crippen LogP contribution in [0.5, 0.6) is 0 Å². The molecule has 108 valence electrons. The van der Waals surface area contributed by atoms with Crippen LogP contribution in [0.2, 0.25) is 5.02 Å². The molecule has 1 aromatic rings. The minimum Gasteiger partial charge on any atom is -0.481 e. The summed E-state index contributed by atoms with van der Waals surface area (Å²) in [7, 11) is 0. The number of nitrogens with one attached hydrogen (secondary N) is 1. The molecule has 0 atom stereocenters. The number of nitrogens with zero attached hydrogens (tertiary/aromatic N) is 2. The van der Waals surface area contributed by atoms with Crippen LogP contribution >= 0.6 is 11.6 Å². The van der Waals surface area contributed by atoms with Crippen molar-refractivity contribution in [3.05, 3.63) is 27.4 Å². The zero-order chi connectivity index (χ0) is 14.8. The summed E-state index contributed by atoms with van der Waals surface area (Å²) in [5.74, 6) is -0.735. The Morgan fingerprint density at radius 3 is 2.80 bits per heavy atom. The molecule has 0 radical (unpaired) electrons. The van der Waals surface area contributed by atoms with E-state index in [9.17, 15) is 14.9 Å². The predicted octanol–water partition coefficient (Wildman–Crippen LogP) is 2.70. The molecule has 1 saturated carbocycles. The first kappa shape index (κ1) is 14.5. The number of rotatable bonds is 6. The lowest BCUT2D eigenvalue weighted by molar-refractivity contribution is -0.384. The van der Waals surface area contributed by atoms with Crippen molar-refractivity contribution in [2.75, 3.05) is 11.9 Å². The van der Waals surface area contributed by atoms with Gasteiger partial charge in [-0.3, -0.25) is 14.9 Å². The summed E-state index contributed by atoms with van der Waals surface area (Å²) in [6.07, 6.45) is 3.95. The van der Waals surface area contributed by atoms with Crippen molar-refractivity contribution >= 4 is 29.1 Å². The number of carboxylic acids is 1. The maximum atomic E-state index is 10.9. The Labute approximate surface area is 120 Å². The number of halogens is 1. The van der Waals surface area contributed by atoms with E-state index in [1.165, 1.54) is 12.3 Å². The van der Waals surface area contributed by atoms with Crippen LogP contribution in [0, 0.1) is 15.5 Å². The number of carbonyl (C=O) groups is 1. The van der Waals surface area contributed by atoms with Crippen molar-refractivity contribution in [3.8, 4) is 0 Å². The Morgan fingerprint density at radius 1 is 1.60 bits per heavy atom. The second-order valence-electron chi connectivity index (χ2n) is 5.06. The zero-order valence-corrected chi connectivity index (χ0v) is 11.4. The Bertz CT molecular complexity index is 546. The Balaban J connectivity index is 2.10. The number of pyridine rings is 1.